The summed E-state index contributed by atoms with van der Waals surface area (Å²) in [5, 5.41) is 12.5. The van der Waals surface area contributed by atoms with Crippen molar-refractivity contribution in [3.63, 3.8) is 0 Å². The third-order valence-electron chi connectivity index (χ3n) is 5.54. The van der Waals surface area contributed by atoms with E-state index in [9.17, 15) is 4.79 Å². The van der Waals surface area contributed by atoms with Gasteiger partial charge in [0.05, 0.1) is 13.2 Å². The molecule has 0 unspecified atom stereocenters. The Bertz CT molecular complexity index is 802. The molecule has 142 valence electrons. The van der Waals surface area contributed by atoms with Crippen LogP contribution < -0.4 is 5.32 Å². The number of nitrogens with zero attached hydrogens (tertiary/aromatic N) is 3. The van der Waals surface area contributed by atoms with Crippen molar-refractivity contribution in [1.29, 1.82) is 0 Å². The van der Waals surface area contributed by atoms with E-state index in [1.54, 1.807) is 11.0 Å². The van der Waals surface area contributed by atoms with Crippen LogP contribution in [0, 0.1) is 0 Å². The average molecular weight is 387 g/mol. The number of morpholine rings is 1. The topological polar surface area (TPSA) is 67.4 Å². The maximum Gasteiger partial charge on any atom is 0.274 e. The Hall–Kier alpha value is -2.18. The van der Waals surface area contributed by atoms with Gasteiger partial charge in [-0.05, 0) is 42.7 Å². The number of ether oxygens (including phenoxy) is 1. The van der Waals surface area contributed by atoms with Gasteiger partial charge in [-0.15, -0.1) is 10.2 Å². The largest absolute Gasteiger partial charge is 0.378 e. The fourth-order valence-corrected chi connectivity index (χ4v) is 3.91. The molecule has 1 aliphatic heterocycles. The maximum absolute atomic E-state index is 12.4. The lowest BCUT2D eigenvalue weighted by Gasteiger charge is -2.42. The summed E-state index contributed by atoms with van der Waals surface area (Å²) in [5.41, 5.74) is 1.73. The Kier molecular flexibility index (Phi) is 5.27. The lowest BCUT2D eigenvalue weighted by molar-refractivity contribution is 0.0298. The molecule has 4 rings (SSSR count). The van der Waals surface area contributed by atoms with E-state index in [1.165, 1.54) is 12.0 Å². The second kappa shape index (κ2) is 7.82. The second-order valence-electron chi connectivity index (χ2n) is 7.21. The number of hydrogen-bond acceptors (Lipinski definition) is 5. The predicted octanol–water partition coefficient (Wildman–Crippen LogP) is 3.14. The Balaban J connectivity index is 1.40. The van der Waals surface area contributed by atoms with Crippen molar-refractivity contribution in [2.45, 2.75) is 24.7 Å². The van der Waals surface area contributed by atoms with Gasteiger partial charge in [-0.25, -0.2) is 0 Å². The molecule has 2 heterocycles. The summed E-state index contributed by atoms with van der Waals surface area (Å²) in [7, 11) is 0. The fourth-order valence-electron chi connectivity index (χ4n) is 3.72. The Morgan fingerprint density at radius 3 is 2.63 bits per heavy atom. The standard InChI is InChI=1S/C20H23ClN4O2/c21-16-4-1-3-15(13-16)20(7-2-8-20)14-22-18-6-5-17(23-24-18)19(26)25-9-11-27-12-10-25/h1,3-6,13H,2,7-12,14H2,(H,22,24). The van der Waals surface area contributed by atoms with Gasteiger partial charge < -0.3 is 15.0 Å². The molecule has 2 aromatic rings. The Labute approximate surface area is 163 Å². The van der Waals surface area contributed by atoms with Gasteiger partial charge >= 0.3 is 0 Å². The molecular weight excluding hydrogens is 364 g/mol. The number of hydrogen-bond donors (Lipinski definition) is 1. The van der Waals surface area contributed by atoms with Crippen LogP contribution in [0.15, 0.2) is 36.4 Å². The minimum Gasteiger partial charge on any atom is -0.378 e. The molecule has 1 amide bonds. The third-order valence-corrected chi connectivity index (χ3v) is 5.77. The quantitative estimate of drug-likeness (QED) is 0.855. The molecule has 7 heteroatoms. The molecule has 1 aliphatic carbocycles. The van der Waals surface area contributed by atoms with E-state index in [0.717, 1.165) is 24.4 Å². The van der Waals surface area contributed by atoms with E-state index < -0.39 is 0 Å². The Morgan fingerprint density at radius 1 is 1.19 bits per heavy atom. The van der Waals surface area contributed by atoms with E-state index in [0.29, 0.717) is 37.8 Å². The minimum atomic E-state index is -0.0910. The number of carbonyl (C=O) groups excluding carboxylic acids is 1. The number of anilines is 1. The predicted molar refractivity (Wildman–Crippen MR) is 104 cm³/mol. The van der Waals surface area contributed by atoms with Crippen LogP contribution in [0.4, 0.5) is 5.82 Å². The van der Waals surface area contributed by atoms with Crippen molar-refractivity contribution in [2.24, 2.45) is 0 Å². The molecule has 0 radical (unpaired) electrons. The molecule has 2 aliphatic rings. The first kappa shape index (κ1) is 18.2. The van der Waals surface area contributed by atoms with Crippen molar-refractivity contribution in [1.82, 2.24) is 15.1 Å². The zero-order chi connectivity index (χ0) is 18.7. The number of carbonyl (C=O) groups is 1. The highest BCUT2D eigenvalue weighted by atomic mass is 35.5. The van der Waals surface area contributed by atoms with Crippen LogP contribution in [0.1, 0.15) is 35.3 Å². The number of aromatic nitrogens is 2. The number of amides is 1. The van der Waals surface area contributed by atoms with E-state index in [4.69, 9.17) is 16.3 Å². The van der Waals surface area contributed by atoms with Crippen LogP contribution in [0.2, 0.25) is 5.02 Å². The molecule has 1 N–H and O–H groups in total. The number of benzene rings is 1. The van der Waals surface area contributed by atoms with Gasteiger partial charge in [0.1, 0.15) is 5.82 Å². The van der Waals surface area contributed by atoms with E-state index in [-0.39, 0.29) is 11.3 Å². The van der Waals surface area contributed by atoms with Gasteiger partial charge in [0.2, 0.25) is 0 Å². The van der Waals surface area contributed by atoms with Crippen LogP contribution in [-0.4, -0.2) is 53.9 Å². The van der Waals surface area contributed by atoms with Crippen LogP contribution in [0.3, 0.4) is 0 Å². The second-order valence-corrected chi connectivity index (χ2v) is 7.64. The summed E-state index contributed by atoms with van der Waals surface area (Å²) in [4.78, 5) is 14.2. The van der Waals surface area contributed by atoms with Crippen molar-refractivity contribution < 1.29 is 9.53 Å². The van der Waals surface area contributed by atoms with E-state index >= 15 is 0 Å². The number of nitrogens with one attached hydrogen (secondary N) is 1. The lowest BCUT2D eigenvalue weighted by Crippen LogP contribution is -2.41. The van der Waals surface area contributed by atoms with Crippen molar-refractivity contribution in [3.05, 3.63) is 52.7 Å². The molecule has 0 atom stereocenters. The van der Waals surface area contributed by atoms with Crippen molar-refractivity contribution in [3.8, 4) is 0 Å². The van der Waals surface area contributed by atoms with Gasteiger partial charge in [-0.2, -0.15) is 0 Å². The summed E-state index contributed by atoms with van der Waals surface area (Å²) >= 11 is 6.17. The van der Waals surface area contributed by atoms with E-state index in [1.807, 2.05) is 18.2 Å². The van der Waals surface area contributed by atoms with E-state index in [2.05, 4.69) is 27.6 Å². The molecule has 1 aromatic heterocycles. The average Bonchev–Trinajstić information content (AvgIpc) is 2.68. The van der Waals surface area contributed by atoms with Crippen LogP contribution in [0.25, 0.3) is 0 Å². The number of rotatable bonds is 5. The summed E-state index contributed by atoms with van der Waals surface area (Å²) < 4.78 is 5.28. The van der Waals surface area contributed by atoms with Gasteiger partial charge in [-0.1, -0.05) is 30.2 Å². The molecule has 2 fully saturated rings. The fraction of sp³-hybridized carbons (Fsp3) is 0.450. The monoisotopic (exact) mass is 386 g/mol. The van der Waals surface area contributed by atoms with Crippen LogP contribution in [-0.2, 0) is 10.2 Å². The zero-order valence-corrected chi connectivity index (χ0v) is 15.9. The smallest absolute Gasteiger partial charge is 0.274 e. The highest BCUT2D eigenvalue weighted by Crippen LogP contribution is 2.44. The maximum atomic E-state index is 12.4. The van der Waals surface area contributed by atoms with Gasteiger partial charge in [0.25, 0.3) is 5.91 Å². The molecule has 6 nitrogen and oxygen atoms in total. The molecular formula is C20H23ClN4O2. The zero-order valence-electron chi connectivity index (χ0n) is 15.2. The van der Waals surface area contributed by atoms with Gasteiger partial charge in [-0.3, -0.25) is 4.79 Å². The number of halogens is 1. The van der Waals surface area contributed by atoms with Crippen LogP contribution in [0.5, 0.6) is 0 Å². The first-order valence-corrected chi connectivity index (χ1v) is 9.75. The highest BCUT2D eigenvalue weighted by Gasteiger charge is 2.38. The minimum absolute atomic E-state index is 0.0910. The molecule has 27 heavy (non-hydrogen) atoms. The highest BCUT2D eigenvalue weighted by molar-refractivity contribution is 6.30. The van der Waals surface area contributed by atoms with Crippen molar-refractivity contribution in [2.75, 3.05) is 38.2 Å². The summed E-state index contributed by atoms with van der Waals surface area (Å²) in [5.74, 6) is 0.591. The first-order valence-electron chi connectivity index (χ1n) is 9.37. The summed E-state index contributed by atoms with van der Waals surface area (Å²) in [6.45, 7) is 3.12. The third kappa shape index (κ3) is 3.92. The molecule has 1 saturated carbocycles. The van der Waals surface area contributed by atoms with Crippen molar-refractivity contribution >= 4 is 23.3 Å². The summed E-state index contributed by atoms with van der Waals surface area (Å²) in [6, 6.07) is 11.7. The SMILES string of the molecule is O=C(c1ccc(NCC2(c3cccc(Cl)c3)CCC2)nn1)N1CCOCC1. The van der Waals surface area contributed by atoms with Crippen LogP contribution >= 0.6 is 11.6 Å². The molecule has 1 saturated heterocycles. The van der Waals surface area contributed by atoms with Gasteiger partial charge in [0, 0.05) is 30.1 Å². The van der Waals surface area contributed by atoms with Gasteiger partial charge in [0.15, 0.2) is 5.69 Å². The molecule has 1 aromatic carbocycles. The Morgan fingerprint density at radius 2 is 2.00 bits per heavy atom. The lowest BCUT2D eigenvalue weighted by atomic mass is 9.64. The first-order chi connectivity index (χ1) is 13.2. The summed E-state index contributed by atoms with van der Waals surface area (Å²) in [6.07, 6.45) is 3.47. The molecule has 0 bridgehead atoms. The normalized spacial score (nSPS) is 18.6. The molecule has 0 spiro atoms.